The van der Waals surface area contributed by atoms with E-state index in [-0.39, 0.29) is 163 Å². The molecule has 14 rings (SSSR count). The minimum atomic E-state index is -0.636. The Bertz CT molecular complexity index is 4050. The summed E-state index contributed by atoms with van der Waals surface area (Å²) in [6, 6.07) is 29.7. The van der Waals surface area contributed by atoms with Gasteiger partial charge in [-0.05, 0) is 318 Å². The van der Waals surface area contributed by atoms with E-state index in [1.165, 1.54) is 77.0 Å². The normalized spacial score (nSPS) is 20.3. The molecule has 8 saturated carbocycles. The standard InChI is InChI=1S/C27H40IN3O2.C26H38IN3O2.C26H39IN3O2.C25H38IN3O2.5CH4/c28-24-14-8-7-13-23(24)27(33)31(22-11-5-2-6-12-22)25(19-20-15-17-29-18-16-20)26(32)30-21-9-3-1-4-10-21;27-23-14-8-7-13-22(23)26(32)30(21-11-5-2-6-12-21)24(19-15-17-28-18-16-19)25(31)29-20-9-3-1-4-10-20;1-2-3-18-23(28)24(25(31)29-19-12-6-4-7-13-19)30(20-14-8-5-9-15-20)26(32)21-16-10-11-17-22(21)27;1-2-11-22(27)23(24(30)28-18-12-5-3-6-13-18)29(19-14-7-4-8-15-19)25(31)20-16-9-10-17-21(20)26;;;;;/h7-8,13-14,20-22,25,29H,1-6,9-12,15-19H2,(H,30,32);7-8,13-14,19-21,24,28H,1-6,9-12,15-18H2,(H,29,31);2,10-11,16-17,19-20,23-24H,3-9,12-15,18,28H2,1H3,(H,29,31);9-10,16-19,22-23H,2-8,11-15,27H2,1H3,(H,28,30);5*1H4/q;;-1;;;;;;. The molecule has 8 aliphatic carbocycles. The van der Waals surface area contributed by atoms with Crippen molar-refractivity contribution in [3.8, 4) is 0 Å². The average Bonchev–Trinajstić information content (AvgIpc) is 0.798. The van der Waals surface area contributed by atoms with Crippen molar-refractivity contribution in [3.05, 3.63) is 140 Å². The number of nitrogens with zero attached hydrogens (tertiary/aromatic N) is 4. The van der Waals surface area contributed by atoms with Crippen LogP contribution in [0.5, 0.6) is 0 Å². The highest BCUT2D eigenvalue weighted by molar-refractivity contribution is 14.1. The van der Waals surface area contributed by atoms with Crippen LogP contribution in [0.1, 0.15) is 407 Å². The van der Waals surface area contributed by atoms with Crippen LogP contribution in [0.15, 0.2) is 97.1 Å². The SMILES string of the molecule is C.C.C.C.C.CCCC(N)C(C(=O)NC1CCCCC1)N(C(=O)c1ccccc1I)C1CCCCC1.C[CH-]CCC(N)C(C(=O)NC1CCCCC1)N(C(=O)c1ccccc1I)C1CCCCC1.O=C(NC1CCCCC1)C(C1CCNCC1)N(C(=O)c1ccccc1I)C1CCCCC1.O=C(NC1CCCCC1)C(CC1CCNCC1)N(C(=O)c1ccccc1I)C1CCCCC1. The molecule has 133 heavy (non-hydrogen) atoms. The largest absolute Gasteiger partial charge is 0.352 e. The number of rotatable bonds is 30. The third kappa shape index (κ3) is 35.2. The third-order valence-corrected chi connectivity index (χ3v) is 33.2. The van der Waals surface area contributed by atoms with Gasteiger partial charge in [-0.25, -0.2) is 0 Å². The van der Waals surface area contributed by atoms with Gasteiger partial charge >= 0.3 is 0 Å². The molecule has 0 aromatic heterocycles. The Morgan fingerprint density at radius 3 is 0.925 bits per heavy atom. The molecule has 2 heterocycles. The van der Waals surface area contributed by atoms with Gasteiger partial charge in [-0.15, -0.1) is 0 Å². The number of piperidine rings is 2. The number of carbonyl (C=O) groups is 8. The van der Waals surface area contributed by atoms with E-state index in [1.54, 1.807) is 0 Å². The van der Waals surface area contributed by atoms with E-state index in [9.17, 15) is 38.4 Å². The minimum absolute atomic E-state index is 0. The predicted molar refractivity (Wildman–Crippen MR) is 584 cm³/mol. The summed E-state index contributed by atoms with van der Waals surface area (Å²) in [7, 11) is 0. The van der Waals surface area contributed by atoms with Crippen molar-refractivity contribution >= 4 is 138 Å². The number of nitrogens with one attached hydrogen (secondary N) is 6. The van der Waals surface area contributed by atoms with Crippen molar-refractivity contribution in [2.24, 2.45) is 23.3 Å². The first kappa shape index (κ1) is 117. The van der Waals surface area contributed by atoms with Crippen LogP contribution >= 0.6 is 90.4 Å². The monoisotopic (exact) mass is 2290 g/mol. The van der Waals surface area contributed by atoms with Gasteiger partial charge in [0.2, 0.25) is 23.6 Å². The van der Waals surface area contributed by atoms with Crippen LogP contribution in [-0.4, -0.2) is 178 Å². The zero-order valence-electron chi connectivity index (χ0n) is 77.3. The maximum absolute atomic E-state index is 14.1. The average molecular weight is 2290 g/mol. The number of unbranched alkanes of at least 4 members (excludes halogenated alkanes) is 1. The quantitative estimate of drug-likeness (QED) is 0.0179. The Morgan fingerprint density at radius 2 is 0.609 bits per heavy atom. The summed E-state index contributed by atoms with van der Waals surface area (Å²) in [4.78, 5) is 119. The third-order valence-electron chi connectivity index (χ3n) is 29.4. The maximum Gasteiger partial charge on any atom is 0.255 e. The second-order valence-corrected chi connectivity index (χ2v) is 43.4. The Morgan fingerprint density at radius 1 is 0.346 bits per heavy atom. The molecule has 6 atom stereocenters. The van der Waals surface area contributed by atoms with E-state index < -0.39 is 12.1 Å². The number of nitrogens with two attached hydrogens (primary N) is 2. The lowest BCUT2D eigenvalue weighted by Gasteiger charge is -2.44. The molecule has 8 amide bonds. The fourth-order valence-electron chi connectivity index (χ4n) is 22.4. The van der Waals surface area contributed by atoms with Gasteiger partial charge in [0.1, 0.15) is 24.2 Å². The van der Waals surface area contributed by atoms with Crippen LogP contribution in [-0.2, 0) is 19.2 Å². The number of hydrogen-bond donors (Lipinski definition) is 8. The molecule has 2 saturated heterocycles. The van der Waals surface area contributed by atoms with Crippen LogP contribution in [0.3, 0.4) is 0 Å². The van der Waals surface area contributed by atoms with Gasteiger partial charge < -0.3 is 69.4 Å². The van der Waals surface area contributed by atoms with Gasteiger partial charge in [0.05, 0.1) is 22.3 Å². The van der Waals surface area contributed by atoms with Crippen LogP contribution in [0.4, 0.5) is 0 Å². The molecule has 10 N–H and O–H groups in total. The minimum Gasteiger partial charge on any atom is -0.352 e. The maximum atomic E-state index is 14.1. The molecule has 2 aliphatic heterocycles. The molecule has 4 aromatic rings. The molecule has 6 unspecified atom stereocenters. The highest BCUT2D eigenvalue weighted by Gasteiger charge is 2.47. The number of hydrogen-bond acceptors (Lipinski definition) is 12. The fraction of sp³-hybridized carbons (Fsp3) is 0.697. The van der Waals surface area contributed by atoms with Gasteiger partial charge in [-0.2, -0.15) is 13.3 Å². The zero-order valence-corrected chi connectivity index (χ0v) is 85.9. The van der Waals surface area contributed by atoms with Gasteiger partial charge in [0, 0.05) is 74.7 Å². The van der Waals surface area contributed by atoms with Crippen LogP contribution in [0, 0.1) is 32.5 Å². The number of carbonyl (C=O) groups excluding carboxylic acids is 8. The fourth-order valence-corrected chi connectivity index (χ4v) is 24.8. The first-order valence-electron chi connectivity index (χ1n) is 50.5. The van der Waals surface area contributed by atoms with Gasteiger partial charge in [-0.3, -0.25) is 38.4 Å². The summed E-state index contributed by atoms with van der Waals surface area (Å²) in [5, 5.41) is 20.3. The first-order valence-corrected chi connectivity index (χ1v) is 54.9. The Hall–Kier alpha value is -4.60. The highest BCUT2D eigenvalue weighted by atomic mass is 127. The zero-order chi connectivity index (χ0) is 90.5. The topological polar surface area (TPSA) is 274 Å². The van der Waals surface area contributed by atoms with E-state index in [1.807, 2.05) is 124 Å². The molecule has 24 heteroatoms. The number of halogens is 4. The molecule has 0 bridgehead atoms. The lowest BCUT2D eigenvalue weighted by molar-refractivity contribution is -0.130. The molecule has 748 valence electrons. The molecule has 20 nitrogen and oxygen atoms in total. The molecule has 10 fully saturated rings. The van der Waals surface area contributed by atoms with E-state index >= 15 is 0 Å². The molecular formula is C109H175I4N12O8-. The summed E-state index contributed by atoms with van der Waals surface area (Å²) >= 11 is 8.97. The van der Waals surface area contributed by atoms with Crippen LogP contribution in [0.2, 0.25) is 0 Å². The van der Waals surface area contributed by atoms with Crippen molar-refractivity contribution < 1.29 is 38.4 Å². The first-order chi connectivity index (χ1) is 62.3. The van der Waals surface area contributed by atoms with Crippen molar-refractivity contribution in [1.82, 2.24) is 51.5 Å². The summed E-state index contributed by atoms with van der Waals surface area (Å²) in [6.07, 6.45) is 54.5. The molecular weight excluding hydrogens is 2110 g/mol. The summed E-state index contributed by atoms with van der Waals surface area (Å²) in [5.74, 6) is 0.749. The number of benzene rings is 4. The van der Waals surface area contributed by atoms with E-state index in [4.69, 9.17) is 11.5 Å². The summed E-state index contributed by atoms with van der Waals surface area (Å²) < 4.78 is 3.76. The van der Waals surface area contributed by atoms with Gasteiger partial charge in [0.15, 0.2) is 0 Å². The van der Waals surface area contributed by atoms with Crippen molar-refractivity contribution in [1.29, 1.82) is 0 Å². The predicted octanol–water partition coefficient (Wildman–Crippen LogP) is 23.6. The lowest BCUT2D eigenvalue weighted by Crippen LogP contribution is -2.62. The van der Waals surface area contributed by atoms with Gasteiger partial charge in [-0.1, -0.05) is 260 Å². The van der Waals surface area contributed by atoms with E-state index in [2.05, 4.69) is 136 Å². The Balaban J connectivity index is 0.000000269. The molecule has 0 spiro atoms. The Kier molecular flexibility index (Phi) is 55.7. The molecule has 0 radical (unpaired) electrons. The second-order valence-electron chi connectivity index (χ2n) is 38.8. The summed E-state index contributed by atoms with van der Waals surface area (Å²) in [6.45, 7) is 7.97. The second kappa shape index (κ2) is 63.2. The van der Waals surface area contributed by atoms with E-state index in [0.717, 1.165) is 283 Å². The van der Waals surface area contributed by atoms with Crippen LogP contribution < -0.4 is 43.4 Å². The van der Waals surface area contributed by atoms with Gasteiger partial charge in [0.25, 0.3) is 23.6 Å². The van der Waals surface area contributed by atoms with E-state index in [0.29, 0.717) is 23.5 Å². The Labute approximate surface area is 859 Å². The number of amides is 8. The lowest BCUT2D eigenvalue weighted by atomic mass is 9.84. The van der Waals surface area contributed by atoms with Crippen molar-refractivity contribution in [2.45, 2.75) is 450 Å². The summed E-state index contributed by atoms with van der Waals surface area (Å²) in [5.41, 5.74) is 16.2. The highest BCUT2D eigenvalue weighted by Crippen LogP contribution is 2.38. The molecule has 4 aromatic carbocycles. The molecule has 10 aliphatic rings. The van der Waals surface area contributed by atoms with Crippen molar-refractivity contribution in [2.75, 3.05) is 26.2 Å². The smallest absolute Gasteiger partial charge is 0.255 e. The van der Waals surface area contributed by atoms with Crippen molar-refractivity contribution in [3.63, 3.8) is 0 Å². The van der Waals surface area contributed by atoms with Crippen LogP contribution in [0.25, 0.3) is 0 Å².